The summed E-state index contributed by atoms with van der Waals surface area (Å²) in [7, 11) is 0. The molecule has 1 aromatic heterocycles. The lowest BCUT2D eigenvalue weighted by atomic mass is 9.99. The van der Waals surface area contributed by atoms with Gasteiger partial charge in [0.1, 0.15) is 0 Å². The van der Waals surface area contributed by atoms with Crippen molar-refractivity contribution in [2.45, 2.75) is 58.0 Å². The van der Waals surface area contributed by atoms with Gasteiger partial charge < -0.3 is 9.88 Å². The molecular formula is C13H21N3O. The first-order valence-corrected chi connectivity index (χ1v) is 6.39. The maximum atomic E-state index is 12.2. The van der Waals surface area contributed by atoms with E-state index in [0.29, 0.717) is 11.9 Å². The summed E-state index contributed by atoms with van der Waals surface area (Å²) in [5, 5.41) is 3.27. The van der Waals surface area contributed by atoms with Gasteiger partial charge in [-0.15, -0.1) is 0 Å². The Morgan fingerprint density at radius 1 is 1.53 bits per heavy atom. The number of aromatic nitrogens is 2. The van der Waals surface area contributed by atoms with E-state index in [-0.39, 0.29) is 11.1 Å². The van der Waals surface area contributed by atoms with Crippen molar-refractivity contribution >= 4 is 5.82 Å². The molecule has 0 amide bonds. The third kappa shape index (κ3) is 2.87. The van der Waals surface area contributed by atoms with Crippen molar-refractivity contribution in [1.82, 2.24) is 9.55 Å². The Bertz CT molecular complexity index is 446. The minimum atomic E-state index is -0.0797. The molecule has 1 aromatic rings. The fourth-order valence-electron chi connectivity index (χ4n) is 2.16. The van der Waals surface area contributed by atoms with Crippen molar-refractivity contribution in [3.05, 3.63) is 22.7 Å². The van der Waals surface area contributed by atoms with Gasteiger partial charge in [0.2, 0.25) is 0 Å². The maximum absolute atomic E-state index is 12.2. The van der Waals surface area contributed by atoms with Gasteiger partial charge in [-0.3, -0.25) is 4.79 Å². The molecule has 94 valence electrons. The highest BCUT2D eigenvalue weighted by atomic mass is 16.1. The minimum Gasteiger partial charge on any atom is -0.361 e. The fourth-order valence-corrected chi connectivity index (χ4v) is 2.16. The predicted molar refractivity (Wildman–Crippen MR) is 69.4 cm³/mol. The summed E-state index contributed by atoms with van der Waals surface area (Å²) >= 11 is 0. The Morgan fingerprint density at radius 2 is 2.24 bits per heavy atom. The molecule has 0 radical (unpaired) electrons. The molecule has 4 nitrogen and oxygen atoms in total. The highest BCUT2D eigenvalue weighted by molar-refractivity contribution is 5.34. The van der Waals surface area contributed by atoms with E-state index < -0.39 is 0 Å². The van der Waals surface area contributed by atoms with Crippen LogP contribution in [0.2, 0.25) is 0 Å². The van der Waals surface area contributed by atoms with Crippen LogP contribution < -0.4 is 10.9 Å². The molecule has 1 saturated carbocycles. The number of nitrogens with zero attached hydrogens (tertiary/aromatic N) is 2. The Labute approximate surface area is 102 Å². The molecule has 1 fully saturated rings. The molecule has 1 N–H and O–H groups in total. The van der Waals surface area contributed by atoms with Crippen LogP contribution in [0.5, 0.6) is 0 Å². The van der Waals surface area contributed by atoms with Crippen LogP contribution in [0.15, 0.2) is 17.2 Å². The maximum Gasteiger partial charge on any atom is 0.293 e. The van der Waals surface area contributed by atoms with Gasteiger partial charge in [0.05, 0.1) is 0 Å². The van der Waals surface area contributed by atoms with E-state index >= 15 is 0 Å². The smallest absolute Gasteiger partial charge is 0.293 e. The molecule has 4 heteroatoms. The van der Waals surface area contributed by atoms with Crippen molar-refractivity contribution < 1.29 is 0 Å². The normalized spacial score (nSPS) is 15.9. The van der Waals surface area contributed by atoms with E-state index in [1.165, 1.54) is 0 Å². The number of anilines is 1. The molecule has 1 aliphatic carbocycles. The lowest BCUT2D eigenvalue weighted by Gasteiger charge is -2.26. The van der Waals surface area contributed by atoms with Gasteiger partial charge in [0.15, 0.2) is 5.82 Å². The van der Waals surface area contributed by atoms with Crippen molar-refractivity contribution in [2.75, 3.05) is 5.32 Å². The summed E-state index contributed by atoms with van der Waals surface area (Å²) in [6.45, 7) is 6.35. The number of nitrogens with one attached hydrogen (secondary N) is 1. The van der Waals surface area contributed by atoms with Crippen LogP contribution in [0.3, 0.4) is 0 Å². The summed E-state index contributed by atoms with van der Waals surface area (Å²) in [6, 6.07) is 0.403. The lowest BCUT2D eigenvalue weighted by molar-refractivity contribution is 0.506. The third-order valence-corrected chi connectivity index (χ3v) is 3.14. The number of hydrogen-bond donors (Lipinski definition) is 1. The SMILES string of the molecule is CCCC(C)(C)Nc1nccn(C2CC2)c1=O. The van der Waals surface area contributed by atoms with E-state index in [1.807, 2.05) is 0 Å². The topological polar surface area (TPSA) is 46.9 Å². The Balaban J connectivity index is 2.21. The number of rotatable bonds is 5. The molecule has 0 spiro atoms. The Kier molecular flexibility index (Phi) is 3.22. The van der Waals surface area contributed by atoms with Gasteiger partial charge >= 0.3 is 0 Å². The average Bonchev–Trinajstić information content (AvgIpc) is 3.04. The molecule has 0 aliphatic heterocycles. The fraction of sp³-hybridized carbons (Fsp3) is 0.692. The molecule has 1 heterocycles. The van der Waals surface area contributed by atoms with Gasteiger partial charge in [0.25, 0.3) is 5.56 Å². The van der Waals surface area contributed by atoms with Gasteiger partial charge in [-0.25, -0.2) is 4.98 Å². The quantitative estimate of drug-likeness (QED) is 0.853. The molecule has 2 rings (SSSR count). The van der Waals surface area contributed by atoms with E-state index in [0.717, 1.165) is 25.7 Å². The predicted octanol–water partition coefficient (Wildman–Crippen LogP) is 2.57. The van der Waals surface area contributed by atoms with Gasteiger partial charge in [-0.2, -0.15) is 0 Å². The zero-order valence-electron chi connectivity index (χ0n) is 10.9. The zero-order valence-corrected chi connectivity index (χ0v) is 10.9. The first kappa shape index (κ1) is 12.1. The highest BCUT2D eigenvalue weighted by Crippen LogP contribution is 2.33. The summed E-state index contributed by atoms with van der Waals surface area (Å²) < 4.78 is 1.80. The van der Waals surface area contributed by atoms with Crippen LogP contribution >= 0.6 is 0 Å². The first-order valence-electron chi connectivity index (χ1n) is 6.39. The van der Waals surface area contributed by atoms with E-state index in [9.17, 15) is 4.79 Å². The Hall–Kier alpha value is -1.32. The second-order valence-electron chi connectivity index (χ2n) is 5.48. The van der Waals surface area contributed by atoms with E-state index in [4.69, 9.17) is 0 Å². The second-order valence-corrected chi connectivity index (χ2v) is 5.48. The van der Waals surface area contributed by atoms with Crippen LogP contribution in [-0.4, -0.2) is 15.1 Å². The second kappa shape index (κ2) is 4.51. The van der Waals surface area contributed by atoms with Crippen LogP contribution in [0, 0.1) is 0 Å². The molecule has 0 aromatic carbocycles. The summed E-state index contributed by atoms with van der Waals surface area (Å²) in [6.07, 6.45) is 7.83. The van der Waals surface area contributed by atoms with Crippen molar-refractivity contribution in [1.29, 1.82) is 0 Å². The average molecular weight is 235 g/mol. The third-order valence-electron chi connectivity index (χ3n) is 3.14. The highest BCUT2D eigenvalue weighted by Gasteiger charge is 2.26. The van der Waals surface area contributed by atoms with Gasteiger partial charge in [0, 0.05) is 24.0 Å². The van der Waals surface area contributed by atoms with Gasteiger partial charge in [-0.1, -0.05) is 13.3 Å². The molecule has 1 aliphatic rings. The van der Waals surface area contributed by atoms with Crippen LogP contribution in [0.1, 0.15) is 52.5 Å². The van der Waals surface area contributed by atoms with Crippen LogP contribution in [-0.2, 0) is 0 Å². The zero-order chi connectivity index (χ0) is 12.5. The summed E-state index contributed by atoms with van der Waals surface area (Å²) in [5.41, 5.74) is -0.0666. The van der Waals surface area contributed by atoms with Crippen LogP contribution in [0.4, 0.5) is 5.82 Å². The van der Waals surface area contributed by atoms with Crippen molar-refractivity contribution in [3.8, 4) is 0 Å². The van der Waals surface area contributed by atoms with Gasteiger partial charge in [-0.05, 0) is 33.1 Å². The standard InChI is InChI=1S/C13H21N3O/c1-4-7-13(2,3)15-11-12(17)16(9-8-14-11)10-5-6-10/h8-10H,4-7H2,1-3H3,(H,14,15). The van der Waals surface area contributed by atoms with E-state index in [2.05, 4.69) is 31.1 Å². The summed E-state index contributed by atoms with van der Waals surface area (Å²) in [4.78, 5) is 16.3. The minimum absolute atomic E-state index is 0.0131. The monoisotopic (exact) mass is 235 g/mol. The summed E-state index contributed by atoms with van der Waals surface area (Å²) in [5.74, 6) is 0.484. The molecule has 17 heavy (non-hydrogen) atoms. The molecule has 0 unspecified atom stereocenters. The van der Waals surface area contributed by atoms with Crippen molar-refractivity contribution in [2.24, 2.45) is 0 Å². The lowest BCUT2D eigenvalue weighted by Crippen LogP contribution is -2.35. The molecular weight excluding hydrogens is 214 g/mol. The molecule has 0 bridgehead atoms. The number of hydrogen-bond acceptors (Lipinski definition) is 3. The van der Waals surface area contributed by atoms with Crippen LogP contribution in [0.25, 0.3) is 0 Å². The Morgan fingerprint density at radius 3 is 2.82 bits per heavy atom. The molecule has 0 atom stereocenters. The largest absolute Gasteiger partial charge is 0.361 e. The van der Waals surface area contributed by atoms with E-state index in [1.54, 1.807) is 17.0 Å². The molecule has 0 saturated heterocycles. The van der Waals surface area contributed by atoms with Crippen molar-refractivity contribution in [3.63, 3.8) is 0 Å². The first-order chi connectivity index (χ1) is 8.03.